The predicted molar refractivity (Wildman–Crippen MR) is 113 cm³/mol. The Morgan fingerprint density at radius 2 is 1.47 bits per heavy atom. The molecule has 1 nitrogen and oxygen atoms in total. The zero-order valence-corrected chi connectivity index (χ0v) is 18.1. The number of hydrogen-bond acceptors (Lipinski definition) is 1. The molecule has 0 aliphatic heterocycles. The molecule has 0 aromatic heterocycles. The van der Waals surface area contributed by atoms with Crippen LogP contribution in [-0.2, 0) is 13.0 Å². The number of rotatable bonds is 9. The molecule has 1 saturated carbocycles. The van der Waals surface area contributed by atoms with E-state index in [1.54, 1.807) is 24.3 Å². The minimum absolute atomic E-state index is 0.341. The number of benzene rings is 2. The third-order valence-electron chi connectivity index (χ3n) is 6.31. The molecule has 32 heavy (non-hydrogen) atoms. The van der Waals surface area contributed by atoms with E-state index < -0.39 is 36.5 Å². The van der Waals surface area contributed by atoms with Crippen molar-refractivity contribution in [3.8, 4) is 0 Å². The zero-order chi connectivity index (χ0) is 23.4. The van der Waals surface area contributed by atoms with Gasteiger partial charge in [0.15, 0.2) is 0 Å². The highest BCUT2D eigenvalue weighted by molar-refractivity contribution is 5.29. The molecule has 1 aliphatic carbocycles. The summed E-state index contributed by atoms with van der Waals surface area (Å²) in [6.45, 7) is 4.88. The molecule has 1 fully saturated rings. The summed E-state index contributed by atoms with van der Waals surface area (Å²) in [7, 11) is 0. The van der Waals surface area contributed by atoms with E-state index in [1.807, 2.05) is 18.2 Å². The van der Waals surface area contributed by atoms with Gasteiger partial charge in [-0.2, -0.15) is 26.3 Å². The Morgan fingerprint density at radius 3 is 2.03 bits per heavy atom. The Labute approximate surface area is 185 Å². The van der Waals surface area contributed by atoms with Gasteiger partial charge in [-0.15, -0.1) is 0 Å². The summed E-state index contributed by atoms with van der Waals surface area (Å²) < 4.78 is 78.5. The molecule has 0 radical (unpaired) electrons. The predicted octanol–water partition coefficient (Wildman–Crippen LogP) is 7.38. The Morgan fingerprint density at radius 1 is 0.812 bits per heavy atom. The van der Waals surface area contributed by atoms with Gasteiger partial charge in [0.25, 0.3) is 0 Å². The topological polar surface area (TPSA) is 3.24 Å². The monoisotopic (exact) mass is 457 g/mol. The highest BCUT2D eigenvalue weighted by Crippen LogP contribution is 2.59. The lowest BCUT2D eigenvalue weighted by Crippen LogP contribution is -2.51. The molecule has 3 rings (SSSR count). The van der Waals surface area contributed by atoms with Crippen LogP contribution in [0, 0.1) is 11.8 Å². The molecule has 3 atom stereocenters. The fraction of sp³-hybridized carbons (Fsp3) is 0.520. The second-order valence-electron chi connectivity index (χ2n) is 8.66. The largest absolute Gasteiger partial charge is 0.393 e. The fourth-order valence-electron chi connectivity index (χ4n) is 4.65. The maximum atomic E-state index is 13.3. The highest BCUT2D eigenvalue weighted by atomic mass is 19.4. The van der Waals surface area contributed by atoms with Crippen LogP contribution in [-0.4, -0.2) is 30.3 Å². The van der Waals surface area contributed by atoms with Gasteiger partial charge in [-0.1, -0.05) is 61.5 Å². The standard InChI is InChI=1S/C25H29F6N/c1-2-14-32(17-19-7-4-3-5-8-19)15-6-9-18-10-12-20(13-11-18)21-16-22(24(26,27)28)23(21)25(29,30)31/h3-5,7-8,10-13,21-23H,2,6,9,14-17H2,1H3. The van der Waals surface area contributed by atoms with Crippen LogP contribution in [0.1, 0.15) is 48.8 Å². The lowest BCUT2D eigenvalue weighted by Gasteiger charge is -2.46. The molecule has 176 valence electrons. The van der Waals surface area contributed by atoms with E-state index in [0.29, 0.717) is 5.56 Å². The maximum Gasteiger partial charge on any atom is 0.393 e. The smallest absolute Gasteiger partial charge is 0.299 e. The SMILES string of the molecule is CCCN(CCCc1ccc(C2CC(C(F)(F)F)C2C(F)(F)F)cc1)Cc1ccccc1. The van der Waals surface area contributed by atoms with Gasteiger partial charge in [0, 0.05) is 6.54 Å². The van der Waals surface area contributed by atoms with Crippen molar-refractivity contribution in [2.75, 3.05) is 13.1 Å². The molecule has 0 saturated heterocycles. The van der Waals surface area contributed by atoms with Crippen molar-refractivity contribution in [3.05, 3.63) is 71.3 Å². The van der Waals surface area contributed by atoms with Crippen molar-refractivity contribution in [1.29, 1.82) is 0 Å². The van der Waals surface area contributed by atoms with Crippen LogP contribution in [0.5, 0.6) is 0 Å². The van der Waals surface area contributed by atoms with Crippen molar-refractivity contribution < 1.29 is 26.3 Å². The average molecular weight is 458 g/mol. The second-order valence-corrected chi connectivity index (χ2v) is 8.66. The number of aryl methyl sites for hydroxylation is 1. The molecule has 0 amide bonds. The van der Waals surface area contributed by atoms with Gasteiger partial charge >= 0.3 is 12.4 Å². The van der Waals surface area contributed by atoms with Crippen LogP contribution >= 0.6 is 0 Å². The van der Waals surface area contributed by atoms with E-state index in [0.717, 1.165) is 44.5 Å². The summed E-state index contributed by atoms with van der Waals surface area (Å²) in [5.74, 6) is -5.78. The summed E-state index contributed by atoms with van der Waals surface area (Å²) >= 11 is 0. The van der Waals surface area contributed by atoms with Gasteiger partial charge < -0.3 is 0 Å². The van der Waals surface area contributed by atoms with Crippen LogP contribution in [0.4, 0.5) is 26.3 Å². The van der Waals surface area contributed by atoms with Crippen LogP contribution in [0.15, 0.2) is 54.6 Å². The molecule has 7 heteroatoms. The summed E-state index contributed by atoms with van der Waals surface area (Å²) in [6, 6.07) is 16.9. The normalized spacial score (nSPS) is 21.6. The molecule has 0 bridgehead atoms. The third kappa shape index (κ3) is 6.27. The van der Waals surface area contributed by atoms with Crippen molar-refractivity contribution in [1.82, 2.24) is 4.90 Å². The van der Waals surface area contributed by atoms with Crippen LogP contribution < -0.4 is 0 Å². The zero-order valence-electron chi connectivity index (χ0n) is 18.1. The minimum atomic E-state index is -4.86. The molecule has 3 unspecified atom stereocenters. The molecule has 0 N–H and O–H groups in total. The Hall–Kier alpha value is -2.02. The molecular weight excluding hydrogens is 428 g/mol. The lowest BCUT2D eigenvalue weighted by atomic mass is 9.61. The Bertz CT molecular complexity index is 828. The van der Waals surface area contributed by atoms with E-state index in [-0.39, 0.29) is 0 Å². The van der Waals surface area contributed by atoms with Crippen molar-refractivity contribution in [2.45, 2.75) is 57.4 Å². The van der Waals surface area contributed by atoms with Crippen LogP contribution in [0.2, 0.25) is 0 Å². The molecule has 0 heterocycles. The number of alkyl halides is 6. The van der Waals surface area contributed by atoms with E-state index in [4.69, 9.17) is 0 Å². The lowest BCUT2D eigenvalue weighted by molar-refractivity contribution is -0.292. The highest BCUT2D eigenvalue weighted by Gasteiger charge is 2.64. The Kier molecular flexibility index (Phi) is 7.91. The summed E-state index contributed by atoms with van der Waals surface area (Å²) in [5, 5.41) is 0. The molecule has 0 spiro atoms. The van der Waals surface area contributed by atoms with Gasteiger partial charge in [-0.25, -0.2) is 0 Å². The first kappa shape index (κ1) is 24.6. The first-order chi connectivity index (χ1) is 15.1. The van der Waals surface area contributed by atoms with E-state index in [9.17, 15) is 26.3 Å². The molecule has 2 aromatic carbocycles. The van der Waals surface area contributed by atoms with Crippen molar-refractivity contribution in [2.24, 2.45) is 11.8 Å². The summed E-state index contributed by atoms with van der Waals surface area (Å²) in [4.78, 5) is 2.38. The summed E-state index contributed by atoms with van der Waals surface area (Å²) in [6.07, 6.45) is -7.46. The van der Waals surface area contributed by atoms with Crippen LogP contribution in [0.3, 0.4) is 0 Å². The van der Waals surface area contributed by atoms with Gasteiger partial charge in [0.2, 0.25) is 0 Å². The molecular formula is C25H29F6N. The quantitative estimate of drug-likeness (QED) is 0.355. The molecule has 2 aromatic rings. The van der Waals surface area contributed by atoms with E-state index >= 15 is 0 Å². The van der Waals surface area contributed by atoms with Gasteiger partial charge in [-0.05, 0) is 61.4 Å². The Balaban J connectivity index is 1.55. The number of nitrogens with zero attached hydrogens (tertiary/aromatic N) is 1. The number of halogens is 6. The first-order valence-corrected chi connectivity index (χ1v) is 11.1. The second kappa shape index (κ2) is 10.3. The average Bonchev–Trinajstić information content (AvgIpc) is 2.67. The summed E-state index contributed by atoms with van der Waals surface area (Å²) in [5.41, 5.74) is 2.58. The van der Waals surface area contributed by atoms with Gasteiger partial charge in [0.1, 0.15) is 0 Å². The number of hydrogen-bond donors (Lipinski definition) is 0. The van der Waals surface area contributed by atoms with Crippen molar-refractivity contribution >= 4 is 0 Å². The van der Waals surface area contributed by atoms with E-state index in [2.05, 4.69) is 24.0 Å². The molecule has 1 aliphatic rings. The van der Waals surface area contributed by atoms with Gasteiger partial charge in [-0.3, -0.25) is 4.90 Å². The van der Waals surface area contributed by atoms with Crippen LogP contribution in [0.25, 0.3) is 0 Å². The minimum Gasteiger partial charge on any atom is -0.299 e. The third-order valence-corrected chi connectivity index (χ3v) is 6.31. The van der Waals surface area contributed by atoms with E-state index in [1.165, 1.54) is 5.56 Å². The van der Waals surface area contributed by atoms with Crippen molar-refractivity contribution in [3.63, 3.8) is 0 Å². The fourth-order valence-corrected chi connectivity index (χ4v) is 4.65. The maximum absolute atomic E-state index is 13.3. The first-order valence-electron chi connectivity index (χ1n) is 11.1. The van der Waals surface area contributed by atoms with Gasteiger partial charge in [0.05, 0.1) is 11.8 Å².